The highest BCUT2D eigenvalue weighted by Crippen LogP contribution is 2.15. The molecule has 3 nitrogen and oxygen atoms in total. The number of benzene rings is 1. The largest absolute Gasteiger partial charge is 0.370 e. The van der Waals surface area contributed by atoms with Crippen molar-refractivity contribution in [3.63, 3.8) is 0 Å². The van der Waals surface area contributed by atoms with Crippen molar-refractivity contribution in [1.29, 1.82) is 0 Å². The summed E-state index contributed by atoms with van der Waals surface area (Å²) in [7, 11) is 0. The highest BCUT2D eigenvalue weighted by Gasteiger charge is 2.17. The van der Waals surface area contributed by atoms with Gasteiger partial charge in [0, 0.05) is 16.9 Å². The first-order valence-corrected chi connectivity index (χ1v) is 7.37. The van der Waals surface area contributed by atoms with Crippen molar-refractivity contribution in [2.75, 3.05) is 6.61 Å². The van der Waals surface area contributed by atoms with E-state index in [9.17, 15) is 13.6 Å². The fourth-order valence-electron chi connectivity index (χ4n) is 1.85. The van der Waals surface area contributed by atoms with E-state index in [2.05, 4.69) is 4.98 Å². The predicted molar refractivity (Wildman–Crippen MR) is 76.7 cm³/mol. The molecule has 0 radical (unpaired) electrons. The Morgan fingerprint density at radius 1 is 1.38 bits per heavy atom. The zero-order chi connectivity index (χ0) is 15.4. The van der Waals surface area contributed by atoms with E-state index in [0.29, 0.717) is 13.0 Å². The van der Waals surface area contributed by atoms with E-state index in [0.717, 1.165) is 22.7 Å². The topological polar surface area (TPSA) is 39.2 Å². The van der Waals surface area contributed by atoms with Gasteiger partial charge in [0.2, 0.25) is 0 Å². The van der Waals surface area contributed by atoms with Gasteiger partial charge in [-0.25, -0.2) is 13.8 Å². The Morgan fingerprint density at radius 2 is 2.14 bits per heavy atom. The van der Waals surface area contributed by atoms with Crippen LogP contribution in [-0.4, -0.2) is 23.5 Å². The zero-order valence-corrected chi connectivity index (χ0v) is 12.5. The van der Waals surface area contributed by atoms with Gasteiger partial charge in [-0.1, -0.05) is 0 Å². The van der Waals surface area contributed by atoms with Gasteiger partial charge in [0.1, 0.15) is 6.10 Å². The minimum atomic E-state index is -1.03. The molecule has 0 aliphatic heterocycles. The Labute approximate surface area is 125 Å². The summed E-state index contributed by atoms with van der Waals surface area (Å²) in [5, 5.41) is 0. The van der Waals surface area contributed by atoms with E-state index in [1.807, 2.05) is 6.92 Å². The van der Waals surface area contributed by atoms with E-state index in [-0.39, 0.29) is 11.3 Å². The fourth-order valence-corrected chi connectivity index (χ4v) is 2.62. The summed E-state index contributed by atoms with van der Waals surface area (Å²) in [6, 6.07) is 3.09. The lowest BCUT2D eigenvalue weighted by Crippen LogP contribution is -2.22. The number of ketones is 1. The van der Waals surface area contributed by atoms with E-state index in [1.54, 1.807) is 23.8 Å². The minimum Gasteiger partial charge on any atom is -0.370 e. The van der Waals surface area contributed by atoms with Crippen LogP contribution in [-0.2, 0) is 11.2 Å². The number of nitrogens with zero attached hydrogens (tertiary/aromatic N) is 1. The molecule has 0 N–H and O–H groups in total. The second-order valence-electron chi connectivity index (χ2n) is 4.62. The van der Waals surface area contributed by atoms with Crippen molar-refractivity contribution >= 4 is 17.1 Å². The molecule has 0 aliphatic rings. The molecule has 0 amide bonds. The Kier molecular flexibility index (Phi) is 5.14. The van der Waals surface area contributed by atoms with Gasteiger partial charge < -0.3 is 4.74 Å². The summed E-state index contributed by atoms with van der Waals surface area (Å²) in [5.41, 5.74) is 2.83. The Morgan fingerprint density at radius 3 is 2.76 bits per heavy atom. The van der Waals surface area contributed by atoms with Crippen LogP contribution in [0, 0.1) is 18.6 Å². The predicted octanol–water partition coefficient (Wildman–Crippen LogP) is 3.56. The standard InChI is InChI=1S/C15H15F2NO2S/c1-9-14(21-8-18-9)5-6-20-10(2)15(19)11-3-4-12(16)13(17)7-11/h3-4,7-8,10H,5-6H2,1-2H3. The van der Waals surface area contributed by atoms with E-state index in [4.69, 9.17) is 4.74 Å². The molecule has 6 heteroatoms. The first-order chi connectivity index (χ1) is 9.99. The summed E-state index contributed by atoms with van der Waals surface area (Å²) >= 11 is 1.54. The summed E-state index contributed by atoms with van der Waals surface area (Å²) in [4.78, 5) is 17.3. The van der Waals surface area contributed by atoms with Crippen molar-refractivity contribution in [3.05, 3.63) is 51.5 Å². The van der Waals surface area contributed by atoms with Crippen LogP contribution in [0.15, 0.2) is 23.7 Å². The van der Waals surface area contributed by atoms with Gasteiger partial charge in [-0.2, -0.15) is 0 Å². The third-order valence-corrected chi connectivity index (χ3v) is 4.11. The Bertz CT molecular complexity index is 642. The molecular weight excluding hydrogens is 296 g/mol. The first-order valence-electron chi connectivity index (χ1n) is 6.49. The zero-order valence-electron chi connectivity index (χ0n) is 11.7. The molecule has 0 fully saturated rings. The molecular formula is C15H15F2NO2S. The summed E-state index contributed by atoms with van der Waals surface area (Å²) in [6.07, 6.45) is -0.0330. The van der Waals surface area contributed by atoms with Crippen LogP contribution in [0.1, 0.15) is 27.9 Å². The van der Waals surface area contributed by atoms with Gasteiger partial charge in [0.15, 0.2) is 17.4 Å². The van der Waals surface area contributed by atoms with E-state index >= 15 is 0 Å². The van der Waals surface area contributed by atoms with E-state index in [1.165, 1.54) is 6.07 Å². The summed E-state index contributed by atoms with van der Waals surface area (Å²) < 4.78 is 31.4. The van der Waals surface area contributed by atoms with Gasteiger partial charge >= 0.3 is 0 Å². The Hall–Kier alpha value is -1.66. The average Bonchev–Trinajstić information content (AvgIpc) is 2.86. The monoisotopic (exact) mass is 311 g/mol. The molecule has 2 aromatic rings. The molecule has 0 saturated carbocycles. The lowest BCUT2D eigenvalue weighted by molar-refractivity contribution is 0.0487. The van der Waals surface area contributed by atoms with Crippen molar-refractivity contribution in [2.45, 2.75) is 26.4 Å². The maximum Gasteiger partial charge on any atom is 0.191 e. The molecule has 1 atom stereocenters. The van der Waals surface area contributed by atoms with E-state index < -0.39 is 17.7 Å². The van der Waals surface area contributed by atoms with Gasteiger partial charge in [-0.15, -0.1) is 11.3 Å². The van der Waals surface area contributed by atoms with Crippen molar-refractivity contribution < 1.29 is 18.3 Å². The number of hydrogen-bond acceptors (Lipinski definition) is 4. The van der Waals surface area contributed by atoms with Crippen LogP contribution >= 0.6 is 11.3 Å². The normalized spacial score (nSPS) is 12.4. The number of carbonyl (C=O) groups excluding carboxylic acids is 1. The molecule has 0 spiro atoms. The molecule has 0 saturated heterocycles. The lowest BCUT2D eigenvalue weighted by Gasteiger charge is -2.12. The third kappa shape index (κ3) is 3.92. The summed E-state index contributed by atoms with van der Waals surface area (Å²) in [6.45, 7) is 3.89. The second kappa shape index (κ2) is 6.87. The molecule has 21 heavy (non-hydrogen) atoms. The SMILES string of the molecule is Cc1ncsc1CCOC(C)C(=O)c1ccc(F)c(F)c1. The molecule has 112 valence electrons. The number of Topliss-reactive ketones (excluding diaryl/α,β-unsaturated/α-hetero) is 1. The lowest BCUT2D eigenvalue weighted by atomic mass is 10.1. The number of thiazole rings is 1. The molecule has 2 rings (SSSR count). The van der Waals surface area contributed by atoms with Crippen molar-refractivity contribution in [1.82, 2.24) is 4.98 Å². The van der Waals surface area contributed by atoms with Crippen molar-refractivity contribution in [3.8, 4) is 0 Å². The van der Waals surface area contributed by atoms with Crippen LogP contribution in [0.4, 0.5) is 8.78 Å². The summed E-state index contributed by atoms with van der Waals surface area (Å²) in [5.74, 6) is -2.37. The quantitative estimate of drug-likeness (QED) is 0.766. The van der Waals surface area contributed by atoms with Crippen LogP contribution < -0.4 is 0 Å². The van der Waals surface area contributed by atoms with Gasteiger partial charge in [-0.05, 0) is 32.0 Å². The maximum atomic E-state index is 13.1. The van der Waals surface area contributed by atoms with Crippen LogP contribution in [0.25, 0.3) is 0 Å². The highest BCUT2D eigenvalue weighted by atomic mass is 32.1. The number of rotatable bonds is 6. The van der Waals surface area contributed by atoms with Gasteiger partial charge in [0.05, 0.1) is 17.8 Å². The molecule has 0 bridgehead atoms. The molecule has 1 aromatic carbocycles. The second-order valence-corrected chi connectivity index (χ2v) is 5.56. The molecule has 1 unspecified atom stereocenters. The van der Waals surface area contributed by atoms with Crippen molar-refractivity contribution in [2.24, 2.45) is 0 Å². The number of ether oxygens (including phenoxy) is 1. The van der Waals surface area contributed by atoms with Crippen LogP contribution in [0.5, 0.6) is 0 Å². The fraction of sp³-hybridized carbons (Fsp3) is 0.333. The van der Waals surface area contributed by atoms with Crippen LogP contribution in [0.3, 0.4) is 0 Å². The molecule has 1 aromatic heterocycles. The smallest absolute Gasteiger partial charge is 0.191 e. The first kappa shape index (κ1) is 15.7. The molecule has 1 heterocycles. The minimum absolute atomic E-state index is 0.107. The van der Waals surface area contributed by atoms with Crippen LogP contribution in [0.2, 0.25) is 0 Å². The number of hydrogen-bond donors (Lipinski definition) is 0. The number of carbonyl (C=O) groups is 1. The molecule has 0 aliphatic carbocycles. The maximum absolute atomic E-state index is 13.1. The highest BCUT2D eigenvalue weighted by molar-refractivity contribution is 7.09. The van der Waals surface area contributed by atoms with Gasteiger partial charge in [0.25, 0.3) is 0 Å². The Balaban J connectivity index is 1.90. The third-order valence-electron chi connectivity index (χ3n) is 3.12. The number of aromatic nitrogens is 1. The number of halogens is 2. The van der Waals surface area contributed by atoms with Gasteiger partial charge in [-0.3, -0.25) is 4.79 Å². The number of aryl methyl sites for hydroxylation is 1. The average molecular weight is 311 g/mol.